The molecule has 0 saturated carbocycles. The molecule has 3 aromatic rings. The summed E-state index contributed by atoms with van der Waals surface area (Å²) in [5, 5.41) is 10.8. The molecule has 3 rings (SSSR count). The molecule has 6 heteroatoms. The molecule has 0 unspecified atom stereocenters. The second-order valence-electron chi connectivity index (χ2n) is 5.64. The number of rotatable bonds is 4. The van der Waals surface area contributed by atoms with Crippen LogP contribution < -0.4 is 5.56 Å². The number of carbonyl (C=O) groups excluding carboxylic acids is 1. The molecule has 0 radical (unpaired) electrons. The van der Waals surface area contributed by atoms with Crippen molar-refractivity contribution in [2.24, 2.45) is 0 Å². The van der Waals surface area contributed by atoms with Crippen molar-refractivity contribution in [3.8, 4) is 0 Å². The summed E-state index contributed by atoms with van der Waals surface area (Å²) in [7, 11) is 0. The van der Waals surface area contributed by atoms with Gasteiger partial charge in [0.2, 0.25) is 5.78 Å². The fourth-order valence-corrected chi connectivity index (χ4v) is 2.63. The average Bonchev–Trinajstić information content (AvgIpc) is 2.60. The monoisotopic (exact) mass is 354 g/mol. The Bertz CT molecular complexity index is 1030. The molecule has 5 nitrogen and oxygen atoms in total. The number of ketones is 1. The van der Waals surface area contributed by atoms with E-state index in [-0.39, 0.29) is 5.69 Å². The van der Waals surface area contributed by atoms with Gasteiger partial charge >= 0.3 is 0 Å². The Kier molecular flexibility index (Phi) is 4.79. The quantitative estimate of drug-likeness (QED) is 0.705. The minimum Gasteiger partial charge on any atom is -0.380 e. The third kappa shape index (κ3) is 3.68. The van der Waals surface area contributed by atoms with Crippen molar-refractivity contribution in [2.75, 3.05) is 0 Å². The second kappa shape index (κ2) is 7.01. The minimum absolute atomic E-state index is 0.330. The summed E-state index contributed by atoms with van der Waals surface area (Å²) in [6.45, 7) is 1.63. The van der Waals surface area contributed by atoms with E-state index in [1.165, 1.54) is 0 Å². The van der Waals surface area contributed by atoms with E-state index in [1.54, 1.807) is 31.2 Å². The fourth-order valence-electron chi connectivity index (χ4n) is 2.45. The molecule has 0 saturated heterocycles. The van der Waals surface area contributed by atoms with Gasteiger partial charge < -0.3 is 10.1 Å². The Morgan fingerprint density at radius 1 is 1.24 bits per heavy atom. The molecule has 25 heavy (non-hydrogen) atoms. The first-order valence-electron chi connectivity index (χ1n) is 7.61. The van der Waals surface area contributed by atoms with Crippen LogP contribution in [-0.4, -0.2) is 27.0 Å². The van der Waals surface area contributed by atoms with E-state index in [4.69, 9.17) is 11.6 Å². The Morgan fingerprint density at radius 3 is 2.68 bits per heavy atom. The number of fused-ring (bicyclic) bond motifs is 1. The van der Waals surface area contributed by atoms with Gasteiger partial charge in [-0.2, -0.15) is 0 Å². The lowest BCUT2D eigenvalue weighted by molar-refractivity contribution is 0.0800. The van der Waals surface area contributed by atoms with Crippen LogP contribution in [0.1, 0.15) is 23.0 Å². The lowest BCUT2D eigenvalue weighted by Crippen LogP contribution is -2.29. The van der Waals surface area contributed by atoms with Gasteiger partial charge in [-0.05, 0) is 36.3 Å². The van der Waals surface area contributed by atoms with Crippen LogP contribution in [0.3, 0.4) is 0 Å². The van der Waals surface area contributed by atoms with E-state index in [1.807, 2.05) is 30.3 Å². The summed E-state index contributed by atoms with van der Waals surface area (Å²) in [6, 6.07) is 14.1. The highest BCUT2D eigenvalue weighted by Crippen LogP contribution is 2.16. The number of aromatic amines is 1. The zero-order chi connectivity index (χ0) is 18.0. The Morgan fingerprint density at radius 2 is 1.96 bits per heavy atom. The molecule has 0 spiro atoms. The largest absolute Gasteiger partial charge is 0.380 e. The molecule has 126 valence electrons. The van der Waals surface area contributed by atoms with Crippen molar-refractivity contribution in [1.82, 2.24) is 9.97 Å². The molecule has 2 aromatic carbocycles. The van der Waals surface area contributed by atoms with Crippen molar-refractivity contribution in [2.45, 2.75) is 13.0 Å². The van der Waals surface area contributed by atoms with Crippen molar-refractivity contribution in [1.29, 1.82) is 0 Å². The third-order valence-corrected chi connectivity index (χ3v) is 4.00. The van der Waals surface area contributed by atoms with Crippen LogP contribution in [0.15, 0.2) is 58.9 Å². The normalized spacial score (nSPS) is 13.0. The molecule has 0 amide bonds. The average molecular weight is 355 g/mol. The molecule has 0 fully saturated rings. The number of nitrogens with zero attached hydrogens (tertiary/aromatic N) is 1. The number of hydrogen-bond acceptors (Lipinski definition) is 4. The van der Waals surface area contributed by atoms with Gasteiger partial charge in [-0.15, -0.1) is 0 Å². The standard InChI is InChI=1S/C19H15ClN2O3/c1-11(9-12-5-3-2-4-6-12)17(23)18(24)16-19(25)22-15-10-13(20)7-8-14(15)21-16/h2-10,17,23H,1H3,(H,22,25)/b11-9-/t17-/m1/s1. The van der Waals surface area contributed by atoms with Crippen LogP contribution in [0, 0.1) is 0 Å². The SMILES string of the molecule is C/C(=C/c1ccccc1)[C@@H](O)C(=O)c1nc2ccc(Cl)cc2[nH]c1=O. The first kappa shape index (κ1) is 17.1. The first-order chi connectivity index (χ1) is 12.0. The Hall–Kier alpha value is -2.76. The lowest BCUT2D eigenvalue weighted by atomic mass is 10.0. The summed E-state index contributed by atoms with van der Waals surface area (Å²) < 4.78 is 0. The van der Waals surface area contributed by atoms with E-state index < -0.39 is 17.4 Å². The number of carbonyl (C=O) groups is 1. The van der Waals surface area contributed by atoms with Gasteiger partial charge in [0.05, 0.1) is 11.0 Å². The second-order valence-corrected chi connectivity index (χ2v) is 6.08. The Labute approximate surface area is 148 Å². The minimum atomic E-state index is -1.45. The van der Waals surface area contributed by atoms with E-state index in [0.717, 1.165) is 5.56 Å². The van der Waals surface area contributed by atoms with Crippen LogP contribution in [0.4, 0.5) is 0 Å². The van der Waals surface area contributed by atoms with E-state index >= 15 is 0 Å². The number of aromatic nitrogens is 2. The summed E-state index contributed by atoms with van der Waals surface area (Å²) in [5.41, 5.74) is 1.13. The highest BCUT2D eigenvalue weighted by molar-refractivity contribution is 6.31. The first-order valence-corrected chi connectivity index (χ1v) is 7.98. The molecule has 1 heterocycles. The van der Waals surface area contributed by atoms with Gasteiger partial charge in [0, 0.05) is 5.02 Å². The maximum atomic E-state index is 12.5. The van der Waals surface area contributed by atoms with E-state index in [2.05, 4.69) is 9.97 Å². The van der Waals surface area contributed by atoms with E-state index in [0.29, 0.717) is 21.6 Å². The molecule has 1 aromatic heterocycles. The number of H-pyrrole nitrogens is 1. The molecule has 2 N–H and O–H groups in total. The molecular weight excluding hydrogens is 340 g/mol. The highest BCUT2D eigenvalue weighted by atomic mass is 35.5. The highest BCUT2D eigenvalue weighted by Gasteiger charge is 2.23. The summed E-state index contributed by atoms with van der Waals surface area (Å²) in [5.74, 6) is -0.747. The van der Waals surface area contributed by atoms with Gasteiger partial charge in [0.25, 0.3) is 5.56 Å². The fraction of sp³-hybridized carbons (Fsp3) is 0.105. The number of benzene rings is 2. The molecule has 0 bridgehead atoms. The maximum Gasteiger partial charge on any atom is 0.278 e. The number of hydrogen-bond donors (Lipinski definition) is 2. The van der Waals surface area contributed by atoms with Crippen LogP contribution >= 0.6 is 11.6 Å². The lowest BCUT2D eigenvalue weighted by Gasteiger charge is -2.10. The maximum absolute atomic E-state index is 12.5. The van der Waals surface area contributed by atoms with Gasteiger partial charge in [-0.25, -0.2) is 4.98 Å². The molecule has 1 atom stereocenters. The predicted octanol–water partition coefficient (Wildman–Crippen LogP) is 3.22. The third-order valence-electron chi connectivity index (χ3n) is 3.76. The van der Waals surface area contributed by atoms with Gasteiger partial charge in [0.15, 0.2) is 5.69 Å². The zero-order valence-electron chi connectivity index (χ0n) is 13.4. The van der Waals surface area contributed by atoms with Crippen LogP contribution in [0.5, 0.6) is 0 Å². The summed E-state index contributed by atoms with van der Waals surface area (Å²) in [6.07, 6.45) is 0.246. The smallest absolute Gasteiger partial charge is 0.278 e. The molecular formula is C19H15ClN2O3. The topological polar surface area (TPSA) is 83.0 Å². The number of halogens is 1. The number of aliphatic hydroxyl groups excluding tert-OH is 1. The summed E-state index contributed by atoms with van der Waals surface area (Å²) >= 11 is 5.88. The Balaban J connectivity index is 1.96. The van der Waals surface area contributed by atoms with Crippen LogP contribution in [0.2, 0.25) is 5.02 Å². The van der Waals surface area contributed by atoms with Crippen molar-refractivity contribution < 1.29 is 9.90 Å². The van der Waals surface area contributed by atoms with Crippen LogP contribution in [0.25, 0.3) is 17.1 Å². The predicted molar refractivity (Wildman–Crippen MR) is 97.8 cm³/mol. The van der Waals surface area contributed by atoms with Crippen molar-refractivity contribution >= 4 is 34.5 Å². The molecule has 0 aliphatic carbocycles. The van der Waals surface area contributed by atoms with Crippen LogP contribution in [-0.2, 0) is 0 Å². The van der Waals surface area contributed by atoms with Crippen molar-refractivity contribution in [3.63, 3.8) is 0 Å². The zero-order valence-corrected chi connectivity index (χ0v) is 14.1. The number of nitrogens with one attached hydrogen (secondary N) is 1. The van der Waals surface area contributed by atoms with Gasteiger partial charge in [0.1, 0.15) is 6.10 Å². The summed E-state index contributed by atoms with van der Waals surface area (Å²) in [4.78, 5) is 31.3. The van der Waals surface area contributed by atoms with Gasteiger partial charge in [-0.1, -0.05) is 48.0 Å². The van der Waals surface area contributed by atoms with E-state index in [9.17, 15) is 14.7 Å². The van der Waals surface area contributed by atoms with Crippen molar-refractivity contribution in [3.05, 3.63) is 80.7 Å². The molecule has 0 aliphatic heterocycles. The van der Waals surface area contributed by atoms with Gasteiger partial charge in [-0.3, -0.25) is 9.59 Å². The number of aliphatic hydroxyl groups is 1. The molecule has 0 aliphatic rings. The number of Topliss-reactive ketones (excluding diaryl/α,β-unsaturated/α-hetero) is 1.